The minimum atomic E-state index is -3.22. The number of nitrogens with one attached hydrogen (secondary N) is 2. The number of pyridine rings is 1. The molecule has 0 aromatic carbocycles. The van der Waals surface area contributed by atoms with Crippen molar-refractivity contribution in [1.29, 1.82) is 0 Å². The van der Waals surface area contributed by atoms with Crippen molar-refractivity contribution in [3.8, 4) is 0 Å². The summed E-state index contributed by atoms with van der Waals surface area (Å²) in [4.78, 5) is 4.03. The summed E-state index contributed by atoms with van der Waals surface area (Å²) in [5.74, 6) is 0. The molecule has 2 N–H and O–H groups in total. The van der Waals surface area contributed by atoms with Crippen LogP contribution in [0.15, 0.2) is 24.5 Å². The lowest BCUT2D eigenvalue weighted by molar-refractivity contribution is 0.540. The van der Waals surface area contributed by atoms with Gasteiger partial charge in [-0.15, -0.1) is 0 Å². The Bertz CT molecular complexity index is 466. The molecule has 0 saturated carbocycles. The van der Waals surface area contributed by atoms with Gasteiger partial charge < -0.3 is 5.32 Å². The molecule has 0 radical (unpaired) electrons. The van der Waals surface area contributed by atoms with Gasteiger partial charge in [-0.1, -0.05) is 6.07 Å². The summed E-state index contributed by atoms with van der Waals surface area (Å²) in [6, 6.07) is 3.90. The summed E-state index contributed by atoms with van der Waals surface area (Å²) in [6.45, 7) is 7.04. The highest BCUT2D eigenvalue weighted by Gasteiger charge is 2.27. The first kappa shape index (κ1) is 16.1. The van der Waals surface area contributed by atoms with Crippen LogP contribution in [-0.4, -0.2) is 31.2 Å². The van der Waals surface area contributed by atoms with E-state index in [-0.39, 0.29) is 0 Å². The van der Waals surface area contributed by atoms with Gasteiger partial charge in [0, 0.05) is 25.5 Å². The number of hydrogen-bond acceptors (Lipinski definition) is 4. The van der Waals surface area contributed by atoms with Crippen molar-refractivity contribution >= 4 is 10.0 Å². The summed E-state index contributed by atoms with van der Waals surface area (Å²) in [5.41, 5.74) is 1.12. The van der Waals surface area contributed by atoms with Crippen molar-refractivity contribution < 1.29 is 8.42 Å². The molecule has 108 valence electrons. The van der Waals surface area contributed by atoms with E-state index in [4.69, 9.17) is 0 Å². The molecule has 0 unspecified atom stereocenters. The summed E-state index contributed by atoms with van der Waals surface area (Å²) in [5, 5.41) is 3.25. The van der Waals surface area contributed by atoms with E-state index < -0.39 is 14.8 Å². The Hall–Kier alpha value is -0.980. The zero-order chi connectivity index (χ0) is 14.4. The normalized spacial score (nSPS) is 12.6. The summed E-state index contributed by atoms with van der Waals surface area (Å²) in [6.07, 6.45) is 4.32. The average molecular weight is 285 g/mol. The highest BCUT2D eigenvalue weighted by Crippen LogP contribution is 2.12. The Labute approximate surface area is 115 Å². The molecule has 0 bridgehead atoms. The lowest BCUT2D eigenvalue weighted by Crippen LogP contribution is -2.40. The molecule has 1 heterocycles. The first-order valence-electron chi connectivity index (χ1n) is 6.42. The first-order chi connectivity index (χ1) is 8.83. The van der Waals surface area contributed by atoms with Crippen LogP contribution < -0.4 is 10.0 Å². The summed E-state index contributed by atoms with van der Waals surface area (Å²) >= 11 is 0. The van der Waals surface area contributed by atoms with E-state index in [1.54, 1.807) is 27.0 Å². The molecule has 0 atom stereocenters. The molecular weight excluding hydrogens is 262 g/mol. The second-order valence-corrected chi connectivity index (χ2v) is 7.92. The third-order valence-electron chi connectivity index (χ3n) is 2.68. The van der Waals surface area contributed by atoms with Crippen LogP contribution in [0.25, 0.3) is 0 Å². The smallest absolute Gasteiger partial charge is 0.216 e. The summed E-state index contributed by atoms with van der Waals surface area (Å²) < 4.78 is 25.4. The van der Waals surface area contributed by atoms with Crippen molar-refractivity contribution in [2.24, 2.45) is 0 Å². The van der Waals surface area contributed by atoms with Crippen LogP contribution in [0.2, 0.25) is 0 Å². The topological polar surface area (TPSA) is 71.1 Å². The molecule has 0 saturated heterocycles. The van der Waals surface area contributed by atoms with Crippen LogP contribution in [-0.2, 0) is 16.6 Å². The monoisotopic (exact) mass is 285 g/mol. The van der Waals surface area contributed by atoms with Gasteiger partial charge in [-0.25, -0.2) is 13.1 Å². The molecule has 0 fully saturated rings. The lowest BCUT2D eigenvalue weighted by Gasteiger charge is -2.19. The minimum Gasteiger partial charge on any atom is -0.313 e. The van der Waals surface area contributed by atoms with Crippen LogP contribution in [0.1, 0.15) is 32.8 Å². The highest BCUT2D eigenvalue weighted by atomic mass is 32.2. The molecule has 1 aromatic rings. The Balaban J connectivity index is 2.16. The second-order valence-electron chi connectivity index (χ2n) is 5.40. The first-order valence-corrected chi connectivity index (χ1v) is 7.90. The van der Waals surface area contributed by atoms with E-state index in [2.05, 4.69) is 15.0 Å². The maximum Gasteiger partial charge on any atom is 0.216 e. The Morgan fingerprint density at radius 1 is 1.26 bits per heavy atom. The summed E-state index contributed by atoms with van der Waals surface area (Å²) in [7, 11) is -3.22. The predicted molar refractivity (Wildman–Crippen MR) is 77.2 cm³/mol. The molecule has 0 amide bonds. The van der Waals surface area contributed by atoms with E-state index in [1.165, 1.54) is 0 Å². The van der Waals surface area contributed by atoms with E-state index in [1.807, 2.05) is 18.3 Å². The number of hydrogen-bond donors (Lipinski definition) is 2. The van der Waals surface area contributed by atoms with Crippen molar-refractivity contribution in [2.75, 3.05) is 13.1 Å². The van der Waals surface area contributed by atoms with Gasteiger partial charge >= 0.3 is 0 Å². The molecule has 0 aliphatic carbocycles. The SMILES string of the molecule is CC(C)(C)S(=O)(=O)NCCCNCc1cccnc1. The van der Waals surface area contributed by atoms with Crippen LogP contribution in [0.4, 0.5) is 0 Å². The van der Waals surface area contributed by atoms with Crippen molar-refractivity contribution in [1.82, 2.24) is 15.0 Å². The quantitative estimate of drug-likeness (QED) is 0.740. The zero-order valence-corrected chi connectivity index (χ0v) is 12.6. The standard InChI is InChI=1S/C13H23N3O2S/c1-13(2,3)19(17,18)16-9-5-8-15-11-12-6-4-7-14-10-12/h4,6-7,10,15-16H,5,8-9,11H2,1-3H3. The van der Waals surface area contributed by atoms with Gasteiger partial charge in [-0.3, -0.25) is 4.98 Å². The number of nitrogens with zero attached hydrogens (tertiary/aromatic N) is 1. The second kappa shape index (κ2) is 6.98. The maximum absolute atomic E-state index is 11.8. The molecule has 0 aliphatic heterocycles. The van der Waals surface area contributed by atoms with E-state index in [0.717, 1.165) is 25.1 Å². The van der Waals surface area contributed by atoms with Crippen molar-refractivity contribution in [2.45, 2.75) is 38.5 Å². The van der Waals surface area contributed by atoms with Gasteiger partial charge in [0.05, 0.1) is 4.75 Å². The van der Waals surface area contributed by atoms with E-state index in [0.29, 0.717) is 6.54 Å². The van der Waals surface area contributed by atoms with E-state index in [9.17, 15) is 8.42 Å². The largest absolute Gasteiger partial charge is 0.313 e. The molecule has 0 aliphatic rings. The molecule has 19 heavy (non-hydrogen) atoms. The molecule has 1 aromatic heterocycles. The van der Waals surface area contributed by atoms with Crippen LogP contribution in [0, 0.1) is 0 Å². The van der Waals surface area contributed by atoms with E-state index >= 15 is 0 Å². The highest BCUT2D eigenvalue weighted by molar-refractivity contribution is 7.90. The van der Waals surface area contributed by atoms with Gasteiger partial charge in [0.1, 0.15) is 0 Å². The van der Waals surface area contributed by atoms with Crippen molar-refractivity contribution in [3.63, 3.8) is 0 Å². The van der Waals surface area contributed by atoms with Crippen LogP contribution in [0.3, 0.4) is 0 Å². The predicted octanol–water partition coefficient (Wildman–Crippen LogP) is 1.28. The minimum absolute atomic E-state index is 0.458. The number of aromatic nitrogens is 1. The molecule has 1 rings (SSSR count). The fourth-order valence-corrected chi connectivity index (χ4v) is 2.22. The van der Waals surface area contributed by atoms with Gasteiger partial charge in [0.25, 0.3) is 0 Å². The zero-order valence-electron chi connectivity index (χ0n) is 11.8. The van der Waals surface area contributed by atoms with Crippen LogP contribution >= 0.6 is 0 Å². The lowest BCUT2D eigenvalue weighted by atomic mass is 10.3. The maximum atomic E-state index is 11.8. The van der Waals surface area contributed by atoms with Gasteiger partial charge in [-0.2, -0.15) is 0 Å². The Kier molecular flexibility index (Phi) is 5.90. The van der Waals surface area contributed by atoms with Gasteiger partial charge in [0.15, 0.2) is 0 Å². The van der Waals surface area contributed by atoms with Crippen LogP contribution in [0.5, 0.6) is 0 Å². The molecule has 6 heteroatoms. The molecular formula is C13H23N3O2S. The van der Waals surface area contributed by atoms with Crippen molar-refractivity contribution in [3.05, 3.63) is 30.1 Å². The molecule has 0 spiro atoms. The fraction of sp³-hybridized carbons (Fsp3) is 0.615. The number of rotatable bonds is 7. The fourth-order valence-electron chi connectivity index (χ4n) is 1.37. The Morgan fingerprint density at radius 2 is 2.00 bits per heavy atom. The number of sulfonamides is 1. The third-order valence-corrected chi connectivity index (χ3v) is 4.88. The third kappa shape index (κ3) is 5.67. The van der Waals surface area contributed by atoms with Gasteiger partial charge in [0.2, 0.25) is 10.0 Å². The van der Waals surface area contributed by atoms with Gasteiger partial charge in [-0.05, 0) is 45.4 Å². The average Bonchev–Trinajstić information content (AvgIpc) is 2.33. The molecule has 5 nitrogen and oxygen atoms in total. The Morgan fingerprint density at radius 3 is 2.58 bits per heavy atom.